The second-order valence-corrected chi connectivity index (χ2v) is 7.45. The number of esters is 1. The molecular weight excluding hydrogens is 468 g/mol. The molecule has 0 aliphatic carbocycles. The zero-order chi connectivity index (χ0) is 22.4. The average molecular weight is 489 g/mol. The first-order valence-electron chi connectivity index (χ1n) is 9.32. The Kier molecular flexibility index (Phi) is 7.30. The van der Waals surface area contributed by atoms with Crippen molar-refractivity contribution in [3.63, 3.8) is 0 Å². The lowest BCUT2D eigenvalue weighted by atomic mass is 10.2. The maximum Gasteiger partial charge on any atom is 0.338 e. The SMILES string of the molecule is COc1cc(C(=O)OCc2nc(C)c(C)o2)ccc1OCC(=O)Nc1ccc(Br)cc1. The van der Waals surface area contributed by atoms with Gasteiger partial charge in [-0.1, -0.05) is 15.9 Å². The molecule has 1 aromatic heterocycles. The van der Waals surface area contributed by atoms with Gasteiger partial charge in [0.15, 0.2) is 24.7 Å². The van der Waals surface area contributed by atoms with Crippen LogP contribution in [0.5, 0.6) is 11.5 Å². The Morgan fingerprint density at radius 1 is 1.10 bits per heavy atom. The number of oxazole rings is 1. The second-order valence-electron chi connectivity index (χ2n) is 6.53. The molecule has 2 aromatic carbocycles. The summed E-state index contributed by atoms with van der Waals surface area (Å²) >= 11 is 3.34. The Balaban J connectivity index is 1.57. The number of anilines is 1. The molecule has 1 amide bonds. The van der Waals surface area contributed by atoms with Crippen LogP contribution in [0.15, 0.2) is 51.4 Å². The van der Waals surface area contributed by atoms with Gasteiger partial charge in [-0.3, -0.25) is 4.79 Å². The molecule has 1 N–H and O–H groups in total. The number of methoxy groups -OCH3 is 1. The summed E-state index contributed by atoms with van der Waals surface area (Å²) in [5.74, 6) is 0.735. The van der Waals surface area contributed by atoms with Crippen LogP contribution in [0.1, 0.15) is 27.7 Å². The van der Waals surface area contributed by atoms with E-state index >= 15 is 0 Å². The summed E-state index contributed by atoms with van der Waals surface area (Å²) < 4.78 is 22.4. The lowest BCUT2D eigenvalue weighted by Crippen LogP contribution is -2.20. The standard InChI is InChI=1S/C22H21BrN2O6/c1-13-14(2)31-21(24-13)12-30-22(27)15-4-9-18(19(10-15)28-3)29-11-20(26)25-17-7-5-16(23)6-8-17/h4-10H,11-12H2,1-3H3,(H,25,26). The summed E-state index contributed by atoms with van der Waals surface area (Å²) in [6.07, 6.45) is 0. The average Bonchev–Trinajstić information content (AvgIpc) is 3.09. The molecule has 1 heterocycles. The molecule has 0 atom stereocenters. The highest BCUT2D eigenvalue weighted by Gasteiger charge is 2.15. The van der Waals surface area contributed by atoms with E-state index in [0.29, 0.717) is 28.8 Å². The van der Waals surface area contributed by atoms with E-state index in [2.05, 4.69) is 26.2 Å². The maximum atomic E-state index is 12.3. The Hall–Kier alpha value is -3.33. The van der Waals surface area contributed by atoms with E-state index < -0.39 is 5.97 Å². The van der Waals surface area contributed by atoms with Gasteiger partial charge in [0.1, 0.15) is 5.76 Å². The van der Waals surface area contributed by atoms with Gasteiger partial charge < -0.3 is 23.9 Å². The first kappa shape index (κ1) is 22.4. The van der Waals surface area contributed by atoms with Crippen LogP contribution < -0.4 is 14.8 Å². The smallest absolute Gasteiger partial charge is 0.338 e. The molecule has 0 radical (unpaired) electrons. The third kappa shape index (κ3) is 6.08. The molecule has 0 bridgehead atoms. The lowest BCUT2D eigenvalue weighted by Gasteiger charge is -2.12. The summed E-state index contributed by atoms with van der Waals surface area (Å²) in [4.78, 5) is 28.6. The second kappa shape index (κ2) is 10.1. The van der Waals surface area contributed by atoms with Crippen LogP contribution in [-0.4, -0.2) is 30.6 Å². The molecule has 162 valence electrons. The van der Waals surface area contributed by atoms with E-state index in [-0.39, 0.29) is 24.7 Å². The molecule has 0 saturated heterocycles. The molecule has 8 nitrogen and oxygen atoms in total. The number of carbonyl (C=O) groups excluding carboxylic acids is 2. The highest BCUT2D eigenvalue weighted by molar-refractivity contribution is 9.10. The molecule has 0 unspecified atom stereocenters. The van der Waals surface area contributed by atoms with E-state index in [4.69, 9.17) is 18.6 Å². The number of hydrogen-bond donors (Lipinski definition) is 1. The lowest BCUT2D eigenvalue weighted by molar-refractivity contribution is -0.118. The normalized spacial score (nSPS) is 10.5. The first-order chi connectivity index (χ1) is 14.9. The minimum atomic E-state index is -0.564. The highest BCUT2D eigenvalue weighted by Crippen LogP contribution is 2.28. The summed E-state index contributed by atoms with van der Waals surface area (Å²) in [7, 11) is 1.44. The van der Waals surface area contributed by atoms with Gasteiger partial charge in [-0.05, 0) is 56.3 Å². The number of rotatable bonds is 8. The van der Waals surface area contributed by atoms with E-state index in [1.165, 1.54) is 19.2 Å². The van der Waals surface area contributed by atoms with Crippen molar-refractivity contribution in [1.29, 1.82) is 0 Å². The number of ether oxygens (including phenoxy) is 3. The topological polar surface area (TPSA) is 99.9 Å². The first-order valence-corrected chi connectivity index (χ1v) is 10.1. The van der Waals surface area contributed by atoms with E-state index in [9.17, 15) is 9.59 Å². The molecule has 3 aromatic rings. The van der Waals surface area contributed by atoms with Gasteiger partial charge in [0.05, 0.1) is 18.4 Å². The van der Waals surface area contributed by atoms with Gasteiger partial charge in [-0.2, -0.15) is 0 Å². The Morgan fingerprint density at radius 3 is 2.48 bits per heavy atom. The van der Waals surface area contributed by atoms with Crippen molar-refractivity contribution in [2.45, 2.75) is 20.5 Å². The predicted octanol–water partition coefficient (Wildman–Crippen LogP) is 4.44. The largest absolute Gasteiger partial charge is 0.493 e. The molecule has 0 aliphatic rings. The number of nitrogens with one attached hydrogen (secondary N) is 1. The van der Waals surface area contributed by atoms with E-state index in [0.717, 1.165) is 10.2 Å². The van der Waals surface area contributed by atoms with Crippen molar-refractivity contribution < 1.29 is 28.2 Å². The Morgan fingerprint density at radius 2 is 1.84 bits per heavy atom. The van der Waals surface area contributed by atoms with Crippen LogP contribution in [0.25, 0.3) is 0 Å². The number of halogens is 1. The minimum absolute atomic E-state index is 0.0791. The Labute approximate surface area is 187 Å². The minimum Gasteiger partial charge on any atom is -0.493 e. The third-order valence-corrected chi connectivity index (χ3v) is 4.81. The fourth-order valence-electron chi connectivity index (χ4n) is 2.60. The van der Waals surface area contributed by atoms with Gasteiger partial charge in [0, 0.05) is 10.2 Å². The van der Waals surface area contributed by atoms with Crippen LogP contribution in [0.3, 0.4) is 0 Å². The zero-order valence-corrected chi connectivity index (χ0v) is 18.8. The van der Waals surface area contributed by atoms with Gasteiger partial charge >= 0.3 is 5.97 Å². The summed E-state index contributed by atoms with van der Waals surface area (Å²) in [6.45, 7) is 3.30. The number of nitrogens with zero attached hydrogens (tertiary/aromatic N) is 1. The van der Waals surface area contributed by atoms with Crippen LogP contribution in [0, 0.1) is 13.8 Å². The molecule has 9 heteroatoms. The summed E-state index contributed by atoms with van der Waals surface area (Å²) in [5.41, 5.74) is 1.67. The summed E-state index contributed by atoms with van der Waals surface area (Å²) in [5, 5.41) is 2.73. The third-order valence-electron chi connectivity index (χ3n) is 4.29. The van der Waals surface area contributed by atoms with Gasteiger partial charge in [-0.25, -0.2) is 9.78 Å². The van der Waals surface area contributed by atoms with Gasteiger partial charge in [0.25, 0.3) is 5.91 Å². The van der Waals surface area contributed by atoms with E-state index in [1.54, 1.807) is 25.1 Å². The Bertz CT molecular complexity index is 1060. The monoisotopic (exact) mass is 488 g/mol. The molecule has 31 heavy (non-hydrogen) atoms. The van der Waals surface area contributed by atoms with Gasteiger partial charge in [0.2, 0.25) is 5.89 Å². The van der Waals surface area contributed by atoms with Crippen LogP contribution >= 0.6 is 15.9 Å². The fourth-order valence-corrected chi connectivity index (χ4v) is 2.86. The molecule has 0 spiro atoms. The van der Waals surface area contributed by atoms with Crippen molar-refractivity contribution in [3.05, 3.63) is 69.8 Å². The van der Waals surface area contributed by atoms with Crippen molar-refractivity contribution in [2.75, 3.05) is 19.0 Å². The van der Waals surface area contributed by atoms with Crippen molar-refractivity contribution >= 4 is 33.5 Å². The number of carbonyl (C=O) groups is 2. The quantitative estimate of drug-likeness (QED) is 0.467. The molecule has 0 saturated carbocycles. The van der Waals surface area contributed by atoms with Crippen molar-refractivity contribution in [1.82, 2.24) is 4.98 Å². The van der Waals surface area contributed by atoms with Crippen molar-refractivity contribution in [2.24, 2.45) is 0 Å². The molecule has 3 rings (SSSR count). The number of aryl methyl sites for hydroxylation is 2. The van der Waals surface area contributed by atoms with Crippen LogP contribution in [-0.2, 0) is 16.1 Å². The number of aromatic nitrogens is 1. The zero-order valence-electron chi connectivity index (χ0n) is 17.2. The highest BCUT2D eigenvalue weighted by atomic mass is 79.9. The molecular formula is C22H21BrN2O6. The maximum absolute atomic E-state index is 12.3. The van der Waals surface area contributed by atoms with Crippen LogP contribution in [0.2, 0.25) is 0 Å². The van der Waals surface area contributed by atoms with Crippen molar-refractivity contribution in [3.8, 4) is 11.5 Å². The number of amides is 1. The number of hydrogen-bond acceptors (Lipinski definition) is 7. The molecule has 0 aliphatic heterocycles. The van der Waals surface area contributed by atoms with Gasteiger partial charge in [-0.15, -0.1) is 0 Å². The van der Waals surface area contributed by atoms with Crippen LogP contribution in [0.4, 0.5) is 5.69 Å². The predicted molar refractivity (Wildman–Crippen MR) is 116 cm³/mol. The fraction of sp³-hybridized carbons (Fsp3) is 0.227. The molecule has 0 fully saturated rings. The number of benzene rings is 2. The van der Waals surface area contributed by atoms with E-state index in [1.807, 2.05) is 19.1 Å². The summed E-state index contributed by atoms with van der Waals surface area (Å²) in [6, 6.07) is 11.7.